The maximum atomic E-state index is 13.1. The van der Waals surface area contributed by atoms with Crippen molar-refractivity contribution in [1.29, 1.82) is 0 Å². The van der Waals surface area contributed by atoms with Crippen LogP contribution in [0.5, 0.6) is 0 Å². The molecule has 1 aliphatic carbocycles. The molecule has 2 heterocycles. The van der Waals surface area contributed by atoms with Crippen LogP contribution in [-0.2, 0) is 11.3 Å². The Morgan fingerprint density at radius 3 is 2.74 bits per heavy atom. The van der Waals surface area contributed by atoms with Crippen LogP contribution in [-0.4, -0.2) is 34.7 Å². The molecule has 0 radical (unpaired) electrons. The Balaban J connectivity index is 1.43. The molecule has 1 aliphatic heterocycles. The van der Waals surface area contributed by atoms with E-state index in [9.17, 15) is 14.4 Å². The minimum atomic E-state index is -0.680. The third-order valence-electron chi connectivity index (χ3n) is 6.15. The lowest BCUT2D eigenvalue weighted by Crippen LogP contribution is -2.37. The van der Waals surface area contributed by atoms with E-state index in [2.05, 4.69) is 5.43 Å². The van der Waals surface area contributed by atoms with Crippen molar-refractivity contribution in [2.75, 3.05) is 23.0 Å². The number of nitrogens with one attached hydrogen (secondary N) is 2. The van der Waals surface area contributed by atoms with E-state index in [1.807, 2.05) is 41.6 Å². The largest absolute Gasteiger partial charge is 0.313 e. The molecule has 1 saturated carbocycles. The lowest BCUT2D eigenvalue weighted by molar-refractivity contribution is -0.119. The summed E-state index contributed by atoms with van der Waals surface area (Å²) in [5, 5.41) is 11.9. The van der Waals surface area contributed by atoms with Crippen molar-refractivity contribution in [3.05, 3.63) is 82.9 Å². The summed E-state index contributed by atoms with van der Waals surface area (Å²) in [6, 6.07) is 14.2. The Hall–Kier alpha value is -3.95. The van der Waals surface area contributed by atoms with Crippen molar-refractivity contribution in [3.8, 4) is 0 Å². The topological polar surface area (TPSA) is 107 Å². The first-order chi connectivity index (χ1) is 16.5. The van der Waals surface area contributed by atoms with E-state index >= 15 is 0 Å². The highest BCUT2D eigenvalue weighted by Crippen LogP contribution is 2.33. The van der Waals surface area contributed by atoms with Gasteiger partial charge < -0.3 is 9.47 Å². The van der Waals surface area contributed by atoms with E-state index < -0.39 is 5.91 Å². The van der Waals surface area contributed by atoms with Crippen LogP contribution in [0.3, 0.4) is 0 Å². The Labute approximate surface area is 195 Å². The van der Waals surface area contributed by atoms with Crippen molar-refractivity contribution in [3.63, 3.8) is 0 Å². The number of carbonyl (C=O) groups excluding carboxylic acids is 2. The van der Waals surface area contributed by atoms with Crippen molar-refractivity contribution in [1.82, 2.24) is 15.5 Å². The minimum absolute atomic E-state index is 0.0290. The summed E-state index contributed by atoms with van der Waals surface area (Å²) in [6.07, 6.45) is 7.44. The highest BCUT2D eigenvalue weighted by atomic mass is 16.5. The third-order valence-corrected chi connectivity index (χ3v) is 6.15. The average Bonchev–Trinajstić information content (AvgIpc) is 3.58. The van der Waals surface area contributed by atoms with E-state index in [0.717, 1.165) is 30.8 Å². The molecule has 34 heavy (non-hydrogen) atoms. The fraction of sp³-hybridized carbons (Fsp3) is 0.240. The Morgan fingerprint density at radius 1 is 1.15 bits per heavy atom. The summed E-state index contributed by atoms with van der Waals surface area (Å²) in [6.45, 7) is 1.39. The first kappa shape index (κ1) is 21.9. The van der Waals surface area contributed by atoms with Gasteiger partial charge in [0.15, 0.2) is 0 Å². The molecule has 0 spiro atoms. The standard InChI is InChI=1S/C25H25N5O4/c31-23(27-34)19-8-5-17-9-12-28(25(33)22(17)15-19)13-14-29(24(32)18-6-7-18)20-3-1-4-21(16-20)30-11-2-10-26-30/h1-5,8-9,11-12,15-16,18,26,34H,6-7,10,13-14H2,(H,27,31). The van der Waals surface area contributed by atoms with Gasteiger partial charge in [0.25, 0.3) is 11.5 Å². The first-order valence-electron chi connectivity index (χ1n) is 11.2. The molecule has 3 aromatic rings. The lowest BCUT2D eigenvalue weighted by Gasteiger charge is -2.25. The molecule has 0 bridgehead atoms. The van der Waals surface area contributed by atoms with Crippen LogP contribution < -0.4 is 26.4 Å². The number of hydroxylamine groups is 1. The summed E-state index contributed by atoms with van der Waals surface area (Å²) in [4.78, 5) is 39.8. The number of nitrogens with zero attached hydrogens (tertiary/aromatic N) is 3. The number of amides is 2. The number of pyridine rings is 1. The number of carbonyl (C=O) groups is 2. The molecule has 9 nitrogen and oxygen atoms in total. The highest BCUT2D eigenvalue weighted by molar-refractivity contribution is 5.98. The molecule has 0 atom stereocenters. The molecule has 5 rings (SSSR count). The van der Waals surface area contributed by atoms with E-state index in [1.165, 1.54) is 6.07 Å². The molecule has 174 valence electrons. The summed E-state index contributed by atoms with van der Waals surface area (Å²) < 4.78 is 1.55. The number of hydrogen-bond donors (Lipinski definition) is 3. The number of hydrazine groups is 1. The number of rotatable bonds is 7. The van der Waals surface area contributed by atoms with Gasteiger partial charge >= 0.3 is 0 Å². The van der Waals surface area contributed by atoms with Gasteiger partial charge in [-0.3, -0.25) is 24.6 Å². The van der Waals surface area contributed by atoms with E-state index in [-0.39, 0.29) is 22.9 Å². The maximum Gasteiger partial charge on any atom is 0.274 e. The lowest BCUT2D eigenvalue weighted by atomic mass is 10.1. The molecule has 2 amide bonds. The molecular weight excluding hydrogens is 434 g/mol. The zero-order valence-corrected chi connectivity index (χ0v) is 18.5. The summed E-state index contributed by atoms with van der Waals surface area (Å²) in [7, 11) is 0. The van der Waals surface area contributed by atoms with Crippen LogP contribution in [0.15, 0.2) is 71.8 Å². The molecule has 1 aromatic heterocycles. The van der Waals surface area contributed by atoms with Crippen LogP contribution in [0.25, 0.3) is 10.8 Å². The van der Waals surface area contributed by atoms with Gasteiger partial charge in [-0.1, -0.05) is 18.2 Å². The van der Waals surface area contributed by atoms with Crippen molar-refractivity contribution < 1.29 is 14.8 Å². The molecule has 0 unspecified atom stereocenters. The molecule has 0 saturated heterocycles. The fourth-order valence-corrected chi connectivity index (χ4v) is 4.14. The van der Waals surface area contributed by atoms with Crippen LogP contribution >= 0.6 is 0 Å². The molecule has 3 N–H and O–H groups in total. The SMILES string of the molecule is O=C(NO)c1ccc2ccn(CCN(C(=O)C3CC3)c3cccc(N4C=CCN4)c3)c(=O)c2c1. The van der Waals surface area contributed by atoms with Crippen molar-refractivity contribution in [2.24, 2.45) is 5.92 Å². The van der Waals surface area contributed by atoms with Crippen LogP contribution in [0.4, 0.5) is 11.4 Å². The monoisotopic (exact) mass is 459 g/mol. The second-order valence-electron chi connectivity index (χ2n) is 8.46. The van der Waals surface area contributed by atoms with Gasteiger partial charge in [0.1, 0.15) is 0 Å². The van der Waals surface area contributed by atoms with E-state index in [1.54, 1.807) is 39.3 Å². The zero-order chi connectivity index (χ0) is 23.7. The maximum absolute atomic E-state index is 13.1. The number of anilines is 2. The molecule has 2 aliphatic rings. The van der Waals surface area contributed by atoms with Gasteiger partial charge in [-0.05, 0) is 54.6 Å². The third kappa shape index (κ3) is 4.30. The minimum Gasteiger partial charge on any atom is -0.313 e. The van der Waals surface area contributed by atoms with Gasteiger partial charge in [0, 0.05) is 54.6 Å². The first-order valence-corrected chi connectivity index (χ1v) is 11.2. The Bertz CT molecular complexity index is 1340. The highest BCUT2D eigenvalue weighted by Gasteiger charge is 2.34. The van der Waals surface area contributed by atoms with Crippen LogP contribution in [0, 0.1) is 5.92 Å². The molecular formula is C25H25N5O4. The van der Waals surface area contributed by atoms with Gasteiger partial charge in [-0.25, -0.2) is 10.9 Å². The predicted molar refractivity (Wildman–Crippen MR) is 129 cm³/mol. The number of aromatic nitrogens is 1. The summed E-state index contributed by atoms with van der Waals surface area (Å²) in [5.74, 6) is -0.584. The summed E-state index contributed by atoms with van der Waals surface area (Å²) >= 11 is 0. The van der Waals surface area contributed by atoms with E-state index in [0.29, 0.717) is 23.9 Å². The second kappa shape index (κ2) is 9.12. The van der Waals surface area contributed by atoms with Gasteiger partial charge in [-0.2, -0.15) is 0 Å². The Morgan fingerprint density at radius 2 is 2.00 bits per heavy atom. The number of fused-ring (bicyclic) bond motifs is 1. The van der Waals surface area contributed by atoms with E-state index in [4.69, 9.17) is 5.21 Å². The fourth-order valence-electron chi connectivity index (χ4n) is 4.14. The van der Waals surface area contributed by atoms with Gasteiger partial charge in [0.2, 0.25) is 5.91 Å². The number of hydrogen-bond acceptors (Lipinski definition) is 6. The van der Waals surface area contributed by atoms with Crippen molar-refractivity contribution in [2.45, 2.75) is 19.4 Å². The van der Waals surface area contributed by atoms with Gasteiger partial charge in [-0.15, -0.1) is 0 Å². The van der Waals surface area contributed by atoms with Crippen molar-refractivity contribution >= 4 is 34.0 Å². The second-order valence-corrected chi connectivity index (χ2v) is 8.46. The quantitative estimate of drug-likeness (QED) is 0.370. The smallest absolute Gasteiger partial charge is 0.274 e. The van der Waals surface area contributed by atoms with Crippen LogP contribution in [0.1, 0.15) is 23.2 Å². The van der Waals surface area contributed by atoms with Gasteiger partial charge in [0.05, 0.1) is 5.69 Å². The molecule has 1 fully saturated rings. The zero-order valence-electron chi connectivity index (χ0n) is 18.5. The predicted octanol–water partition coefficient (Wildman–Crippen LogP) is 2.40. The molecule has 2 aromatic carbocycles. The normalized spacial score (nSPS) is 15.0. The summed E-state index contributed by atoms with van der Waals surface area (Å²) in [5.41, 5.74) is 6.46. The van der Waals surface area contributed by atoms with Crippen LogP contribution in [0.2, 0.25) is 0 Å². The number of benzene rings is 2. The molecule has 9 heteroatoms. The Kier molecular flexibility index (Phi) is 5.87. The average molecular weight is 460 g/mol.